The summed E-state index contributed by atoms with van der Waals surface area (Å²) >= 11 is 1.44. The molecule has 0 aliphatic heterocycles. The molecule has 0 unspecified atom stereocenters. The van der Waals surface area contributed by atoms with Crippen molar-refractivity contribution in [3.63, 3.8) is 0 Å². The van der Waals surface area contributed by atoms with Gasteiger partial charge in [0.1, 0.15) is 0 Å². The lowest BCUT2D eigenvalue weighted by molar-refractivity contribution is 0.0949. The molecule has 1 N–H and O–H groups in total. The molecule has 1 heterocycles. The fraction of sp³-hybridized carbons (Fsp3) is 0.429. The number of likely N-dealkylation sites (N-methyl/N-ethyl adjacent to an activating group) is 1. The Kier molecular flexibility index (Phi) is 4.87. The van der Waals surface area contributed by atoms with Crippen LogP contribution in [0.5, 0.6) is 0 Å². The highest BCUT2D eigenvalue weighted by Crippen LogP contribution is 2.21. The molecule has 4 nitrogen and oxygen atoms in total. The maximum atomic E-state index is 12.0. The fourth-order valence-electron chi connectivity index (χ4n) is 1.91. The summed E-state index contributed by atoms with van der Waals surface area (Å²) in [7, 11) is 0. The van der Waals surface area contributed by atoms with E-state index in [1.54, 1.807) is 0 Å². The molecular formula is C14H19N3OS. The van der Waals surface area contributed by atoms with E-state index < -0.39 is 0 Å². The maximum Gasteiger partial charge on any atom is 0.280 e. The first-order chi connectivity index (χ1) is 9.24. The van der Waals surface area contributed by atoms with E-state index in [2.05, 4.69) is 29.0 Å². The summed E-state index contributed by atoms with van der Waals surface area (Å²) in [5.74, 6) is -0.0756. The molecule has 0 bridgehead atoms. The van der Waals surface area contributed by atoms with Crippen LogP contribution < -0.4 is 5.32 Å². The van der Waals surface area contributed by atoms with E-state index in [4.69, 9.17) is 0 Å². The number of aromatic nitrogens is 1. The van der Waals surface area contributed by atoms with Gasteiger partial charge in [-0.05, 0) is 25.2 Å². The largest absolute Gasteiger partial charge is 0.349 e. The number of hydrogen-bond donors (Lipinski definition) is 1. The number of fused-ring (bicyclic) bond motifs is 1. The number of nitrogens with zero attached hydrogens (tertiary/aromatic N) is 2. The van der Waals surface area contributed by atoms with Crippen LogP contribution in [0.1, 0.15) is 23.6 Å². The highest BCUT2D eigenvalue weighted by atomic mass is 32.1. The van der Waals surface area contributed by atoms with Crippen molar-refractivity contribution in [2.75, 3.05) is 26.2 Å². The van der Waals surface area contributed by atoms with Crippen LogP contribution >= 0.6 is 11.3 Å². The first-order valence-corrected chi connectivity index (χ1v) is 7.42. The van der Waals surface area contributed by atoms with Crippen LogP contribution in [0.15, 0.2) is 24.3 Å². The standard InChI is InChI=1S/C14H19N3OS/c1-3-17(4-2)10-9-15-13(18)14-16-11-7-5-6-8-12(11)19-14/h5-8H,3-4,9-10H2,1-2H3,(H,15,18). The van der Waals surface area contributed by atoms with Gasteiger partial charge in [0.15, 0.2) is 5.01 Å². The predicted octanol–water partition coefficient (Wildman–Crippen LogP) is 2.37. The summed E-state index contributed by atoms with van der Waals surface area (Å²) in [6, 6.07) is 7.81. The number of nitrogens with one attached hydrogen (secondary N) is 1. The van der Waals surface area contributed by atoms with E-state index in [9.17, 15) is 4.79 Å². The quantitative estimate of drug-likeness (QED) is 0.881. The lowest BCUT2D eigenvalue weighted by Crippen LogP contribution is -2.34. The van der Waals surface area contributed by atoms with Gasteiger partial charge in [-0.25, -0.2) is 4.98 Å². The highest BCUT2D eigenvalue weighted by molar-refractivity contribution is 7.20. The third kappa shape index (κ3) is 3.52. The Morgan fingerprint density at radius 3 is 2.74 bits per heavy atom. The summed E-state index contributed by atoms with van der Waals surface area (Å²) in [4.78, 5) is 18.6. The molecule has 0 saturated heterocycles. The number of amides is 1. The van der Waals surface area contributed by atoms with Crippen molar-refractivity contribution >= 4 is 27.5 Å². The van der Waals surface area contributed by atoms with Gasteiger partial charge in [0.05, 0.1) is 10.2 Å². The molecule has 5 heteroatoms. The number of para-hydroxylation sites is 1. The minimum Gasteiger partial charge on any atom is -0.349 e. The molecule has 0 atom stereocenters. The molecule has 0 aliphatic rings. The van der Waals surface area contributed by atoms with E-state index in [1.807, 2.05) is 24.3 Å². The third-order valence-corrected chi connectivity index (χ3v) is 4.13. The lowest BCUT2D eigenvalue weighted by Gasteiger charge is -2.17. The summed E-state index contributed by atoms with van der Waals surface area (Å²) < 4.78 is 1.05. The zero-order valence-corrected chi connectivity index (χ0v) is 12.2. The molecule has 0 spiro atoms. The SMILES string of the molecule is CCN(CC)CCNC(=O)c1nc2ccccc2s1. The van der Waals surface area contributed by atoms with Crippen LogP contribution in [-0.4, -0.2) is 42.0 Å². The molecule has 102 valence electrons. The minimum atomic E-state index is -0.0756. The number of thiazole rings is 1. The molecule has 1 aromatic heterocycles. The fourth-order valence-corrected chi connectivity index (χ4v) is 2.79. The summed E-state index contributed by atoms with van der Waals surface area (Å²) in [6.07, 6.45) is 0. The molecule has 2 rings (SSSR count). The Hall–Kier alpha value is -1.46. The first kappa shape index (κ1) is 14.0. The molecule has 0 aliphatic carbocycles. The molecule has 0 saturated carbocycles. The Labute approximate surface area is 117 Å². The normalized spacial score (nSPS) is 11.1. The number of carbonyl (C=O) groups is 1. The first-order valence-electron chi connectivity index (χ1n) is 6.60. The van der Waals surface area contributed by atoms with Crippen molar-refractivity contribution in [2.45, 2.75) is 13.8 Å². The van der Waals surface area contributed by atoms with Crippen molar-refractivity contribution in [1.29, 1.82) is 0 Å². The summed E-state index contributed by atoms with van der Waals surface area (Å²) in [6.45, 7) is 7.80. The van der Waals surface area contributed by atoms with Crippen molar-refractivity contribution in [3.8, 4) is 0 Å². The Balaban J connectivity index is 1.92. The van der Waals surface area contributed by atoms with Crippen LogP contribution in [0.3, 0.4) is 0 Å². The second-order valence-corrected chi connectivity index (χ2v) is 5.30. The zero-order valence-electron chi connectivity index (χ0n) is 11.3. The molecule has 1 aromatic carbocycles. The van der Waals surface area contributed by atoms with Crippen molar-refractivity contribution < 1.29 is 4.79 Å². The van der Waals surface area contributed by atoms with Crippen LogP contribution in [0.4, 0.5) is 0 Å². The van der Waals surface area contributed by atoms with Crippen LogP contribution in [0.25, 0.3) is 10.2 Å². The second-order valence-electron chi connectivity index (χ2n) is 4.27. The average molecular weight is 277 g/mol. The van der Waals surface area contributed by atoms with E-state index in [0.29, 0.717) is 11.6 Å². The number of benzene rings is 1. The molecule has 2 aromatic rings. The highest BCUT2D eigenvalue weighted by Gasteiger charge is 2.11. The predicted molar refractivity (Wildman–Crippen MR) is 79.7 cm³/mol. The van der Waals surface area contributed by atoms with Gasteiger partial charge >= 0.3 is 0 Å². The Morgan fingerprint density at radius 2 is 2.05 bits per heavy atom. The Bertz CT molecular complexity index is 515. The molecule has 0 radical (unpaired) electrons. The number of carbonyl (C=O) groups excluding carboxylic acids is 1. The van der Waals surface area contributed by atoms with Crippen LogP contribution in [0.2, 0.25) is 0 Å². The lowest BCUT2D eigenvalue weighted by atomic mass is 10.3. The third-order valence-electron chi connectivity index (χ3n) is 3.10. The van der Waals surface area contributed by atoms with Gasteiger partial charge in [-0.1, -0.05) is 26.0 Å². The van der Waals surface area contributed by atoms with Gasteiger partial charge in [0.2, 0.25) is 0 Å². The maximum absolute atomic E-state index is 12.0. The second kappa shape index (κ2) is 6.63. The topological polar surface area (TPSA) is 45.2 Å². The van der Waals surface area contributed by atoms with Gasteiger partial charge in [0.25, 0.3) is 5.91 Å². The van der Waals surface area contributed by atoms with Crippen molar-refractivity contribution in [2.24, 2.45) is 0 Å². The molecule has 19 heavy (non-hydrogen) atoms. The number of rotatable bonds is 6. The van der Waals surface area contributed by atoms with Gasteiger partial charge < -0.3 is 10.2 Å². The van der Waals surface area contributed by atoms with Crippen LogP contribution in [-0.2, 0) is 0 Å². The minimum absolute atomic E-state index is 0.0756. The van der Waals surface area contributed by atoms with E-state index >= 15 is 0 Å². The van der Waals surface area contributed by atoms with Gasteiger partial charge in [0, 0.05) is 13.1 Å². The van der Waals surface area contributed by atoms with Crippen molar-refractivity contribution in [3.05, 3.63) is 29.3 Å². The summed E-state index contributed by atoms with van der Waals surface area (Å²) in [5, 5.41) is 3.47. The van der Waals surface area contributed by atoms with Crippen LogP contribution in [0, 0.1) is 0 Å². The van der Waals surface area contributed by atoms with Gasteiger partial charge in [-0.2, -0.15) is 0 Å². The molecule has 0 fully saturated rings. The zero-order chi connectivity index (χ0) is 13.7. The van der Waals surface area contributed by atoms with E-state index in [1.165, 1.54) is 11.3 Å². The molecular weight excluding hydrogens is 258 g/mol. The average Bonchev–Trinajstić information content (AvgIpc) is 2.87. The number of hydrogen-bond acceptors (Lipinski definition) is 4. The Morgan fingerprint density at radius 1 is 1.32 bits per heavy atom. The van der Waals surface area contributed by atoms with E-state index in [-0.39, 0.29) is 5.91 Å². The van der Waals surface area contributed by atoms with Gasteiger partial charge in [-0.15, -0.1) is 11.3 Å². The van der Waals surface area contributed by atoms with Gasteiger partial charge in [-0.3, -0.25) is 4.79 Å². The van der Waals surface area contributed by atoms with E-state index in [0.717, 1.165) is 29.9 Å². The monoisotopic (exact) mass is 277 g/mol. The smallest absolute Gasteiger partial charge is 0.280 e. The van der Waals surface area contributed by atoms with Crippen molar-refractivity contribution in [1.82, 2.24) is 15.2 Å². The summed E-state index contributed by atoms with van der Waals surface area (Å²) in [5.41, 5.74) is 0.890. The molecule has 1 amide bonds.